The minimum absolute atomic E-state index is 0.0770. The third-order valence-corrected chi connectivity index (χ3v) is 10.3. The zero-order valence-corrected chi connectivity index (χ0v) is 18.2. The summed E-state index contributed by atoms with van der Waals surface area (Å²) in [4.78, 5) is 14.8. The van der Waals surface area contributed by atoms with Gasteiger partial charge in [0.15, 0.2) is 8.32 Å². The van der Waals surface area contributed by atoms with Crippen LogP contribution in [-0.4, -0.2) is 45.5 Å². The number of hydrogen-bond acceptors (Lipinski definition) is 4. The Hall–Kier alpha value is -1.17. The Morgan fingerprint density at radius 2 is 1.85 bits per heavy atom. The summed E-state index contributed by atoms with van der Waals surface area (Å²) in [5.41, 5.74) is 1.28. The lowest BCUT2D eigenvalue weighted by Crippen LogP contribution is -2.43. The van der Waals surface area contributed by atoms with Gasteiger partial charge >= 0.3 is 5.97 Å². The first-order valence-corrected chi connectivity index (χ1v) is 12.6. The molecule has 0 amide bonds. The Morgan fingerprint density at radius 3 is 2.42 bits per heavy atom. The van der Waals surface area contributed by atoms with Crippen LogP contribution in [0.2, 0.25) is 18.1 Å². The highest BCUT2D eigenvalue weighted by molar-refractivity contribution is 6.74. The molecule has 4 nitrogen and oxygen atoms in total. The van der Waals surface area contributed by atoms with Crippen molar-refractivity contribution >= 4 is 14.3 Å². The van der Waals surface area contributed by atoms with Gasteiger partial charge < -0.3 is 9.16 Å². The number of ether oxygens (including phenoxy) is 1. The smallest absolute Gasteiger partial charge is 0.310 e. The van der Waals surface area contributed by atoms with Crippen molar-refractivity contribution in [2.24, 2.45) is 11.8 Å². The summed E-state index contributed by atoms with van der Waals surface area (Å²) in [5, 5.41) is 0.175. The molecule has 1 aliphatic heterocycles. The number of likely N-dealkylation sites (tertiary alicyclic amines) is 1. The standard InChI is InChI=1S/C21H35NO3Si/c1-7-24-20(23)19-15-22(13-17-11-9-8-10-12-17)14-18(19)16-25-26(5,6)21(2,3)4/h8-12,18-19H,7,13-16H2,1-6H3. The quantitative estimate of drug-likeness (QED) is 0.524. The highest BCUT2D eigenvalue weighted by Crippen LogP contribution is 2.38. The van der Waals surface area contributed by atoms with E-state index in [0.29, 0.717) is 13.2 Å². The van der Waals surface area contributed by atoms with Gasteiger partial charge in [-0.15, -0.1) is 0 Å². The molecular formula is C21H35NO3Si. The Labute approximate surface area is 160 Å². The summed E-state index contributed by atoms with van der Waals surface area (Å²) in [5.74, 6) is 0.0298. The fraction of sp³-hybridized carbons (Fsp3) is 0.667. The molecule has 0 spiro atoms. The van der Waals surface area contributed by atoms with Crippen molar-refractivity contribution in [3.8, 4) is 0 Å². The topological polar surface area (TPSA) is 38.8 Å². The predicted octanol–water partition coefficient (Wildman–Crippen LogP) is 4.32. The van der Waals surface area contributed by atoms with Gasteiger partial charge in [-0.1, -0.05) is 51.1 Å². The zero-order valence-electron chi connectivity index (χ0n) is 17.2. The van der Waals surface area contributed by atoms with Crippen molar-refractivity contribution < 1.29 is 14.0 Å². The van der Waals surface area contributed by atoms with E-state index in [1.54, 1.807) is 0 Å². The molecule has 2 rings (SSSR count). The largest absolute Gasteiger partial charge is 0.466 e. The number of hydrogen-bond donors (Lipinski definition) is 0. The number of benzene rings is 1. The minimum atomic E-state index is -1.82. The van der Waals surface area contributed by atoms with Gasteiger partial charge in [0.05, 0.1) is 12.5 Å². The first-order chi connectivity index (χ1) is 12.1. The van der Waals surface area contributed by atoms with E-state index in [0.717, 1.165) is 19.6 Å². The molecule has 1 aliphatic rings. The van der Waals surface area contributed by atoms with Crippen molar-refractivity contribution in [3.63, 3.8) is 0 Å². The van der Waals surface area contributed by atoms with Crippen molar-refractivity contribution in [1.82, 2.24) is 4.90 Å². The average molecular weight is 378 g/mol. The monoisotopic (exact) mass is 377 g/mol. The van der Waals surface area contributed by atoms with Gasteiger partial charge in [0.2, 0.25) is 0 Å². The van der Waals surface area contributed by atoms with E-state index in [9.17, 15) is 4.79 Å². The molecule has 0 N–H and O–H groups in total. The second-order valence-corrected chi connectivity index (χ2v) is 13.7. The third-order valence-electron chi connectivity index (χ3n) is 5.82. The summed E-state index contributed by atoms with van der Waals surface area (Å²) >= 11 is 0. The van der Waals surface area contributed by atoms with Gasteiger partial charge in [-0.2, -0.15) is 0 Å². The van der Waals surface area contributed by atoms with E-state index >= 15 is 0 Å². The lowest BCUT2D eigenvalue weighted by Gasteiger charge is -2.37. The molecule has 5 heteroatoms. The molecule has 0 aromatic heterocycles. The number of carbonyl (C=O) groups is 1. The first-order valence-electron chi connectivity index (χ1n) is 9.71. The molecule has 1 aromatic carbocycles. The SMILES string of the molecule is CCOC(=O)C1CN(Cc2ccccc2)CC1CO[Si](C)(C)C(C)(C)C. The van der Waals surface area contributed by atoms with Crippen LogP contribution in [0, 0.1) is 11.8 Å². The van der Waals surface area contributed by atoms with Crippen LogP contribution in [0.3, 0.4) is 0 Å². The summed E-state index contributed by atoms with van der Waals surface area (Å²) < 4.78 is 11.8. The van der Waals surface area contributed by atoms with Crippen LogP contribution in [0.1, 0.15) is 33.3 Å². The summed E-state index contributed by atoms with van der Waals surface area (Å²) in [6.45, 7) is 16.7. The van der Waals surface area contributed by atoms with Gasteiger partial charge in [0, 0.05) is 32.2 Å². The third kappa shape index (κ3) is 5.41. The van der Waals surface area contributed by atoms with Crippen LogP contribution < -0.4 is 0 Å². The maximum atomic E-state index is 12.5. The van der Waals surface area contributed by atoms with Crippen molar-refractivity contribution in [3.05, 3.63) is 35.9 Å². The second kappa shape index (κ2) is 8.68. The van der Waals surface area contributed by atoms with E-state index in [2.05, 4.69) is 63.0 Å². The van der Waals surface area contributed by atoms with Crippen LogP contribution in [-0.2, 0) is 20.5 Å². The van der Waals surface area contributed by atoms with E-state index < -0.39 is 8.32 Å². The van der Waals surface area contributed by atoms with E-state index in [1.807, 2.05) is 13.0 Å². The van der Waals surface area contributed by atoms with Crippen LogP contribution in [0.4, 0.5) is 0 Å². The van der Waals surface area contributed by atoms with Crippen LogP contribution in [0.15, 0.2) is 30.3 Å². The Morgan fingerprint density at radius 1 is 1.19 bits per heavy atom. The van der Waals surface area contributed by atoms with Gasteiger partial charge in [-0.25, -0.2) is 0 Å². The molecule has 2 unspecified atom stereocenters. The molecule has 1 aromatic rings. The summed E-state index contributed by atoms with van der Waals surface area (Å²) in [6, 6.07) is 10.4. The minimum Gasteiger partial charge on any atom is -0.466 e. The fourth-order valence-electron chi connectivity index (χ4n) is 3.15. The highest BCUT2D eigenvalue weighted by atomic mass is 28.4. The molecular weight excluding hydrogens is 342 g/mol. The van der Waals surface area contributed by atoms with Crippen LogP contribution >= 0.6 is 0 Å². The lowest BCUT2D eigenvalue weighted by atomic mass is 9.97. The molecule has 26 heavy (non-hydrogen) atoms. The molecule has 1 heterocycles. The van der Waals surface area contributed by atoms with Gasteiger partial charge in [-0.3, -0.25) is 9.69 Å². The number of carbonyl (C=O) groups excluding carboxylic acids is 1. The molecule has 146 valence electrons. The van der Waals surface area contributed by atoms with E-state index in [-0.39, 0.29) is 22.8 Å². The zero-order chi connectivity index (χ0) is 19.4. The Balaban J connectivity index is 2.04. The fourth-order valence-corrected chi connectivity index (χ4v) is 4.21. The molecule has 1 fully saturated rings. The average Bonchev–Trinajstić information content (AvgIpc) is 2.96. The highest BCUT2D eigenvalue weighted by Gasteiger charge is 2.42. The molecule has 0 aliphatic carbocycles. The maximum absolute atomic E-state index is 12.5. The molecule has 0 saturated carbocycles. The Bertz CT molecular complexity index is 583. The van der Waals surface area contributed by atoms with Crippen molar-refractivity contribution in [2.45, 2.75) is 52.4 Å². The van der Waals surface area contributed by atoms with Gasteiger partial charge in [-0.05, 0) is 30.6 Å². The van der Waals surface area contributed by atoms with Crippen LogP contribution in [0.25, 0.3) is 0 Å². The number of esters is 1. The van der Waals surface area contributed by atoms with Gasteiger partial charge in [0.25, 0.3) is 0 Å². The molecule has 1 saturated heterocycles. The second-order valence-electron chi connectivity index (χ2n) is 8.87. The lowest BCUT2D eigenvalue weighted by molar-refractivity contribution is -0.149. The number of nitrogens with zero attached hydrogens (tertiary/aromatic N) is 1. The van der Waals surface area contributed by atoms with Crippen molar-refractivity contribution in [2.75, 3.05) is 26.3 Å². The molecule has 2 atom stereocenters. The summed E-state index contributed by atoms with van der Waals surface area (Å²) in [6.07, 6.45) is 0. The van der Waals surface area contributed by atoms with E-state index in [4.69, 9.17) is 9.16 Å². The van der Waals surface area contributed by atoms with E-state index in [1.165, 1.54) is 5.56 Å². The predicted molar refractivity (Wildman–Crippen MR) is 108 cm³/mol. The normalized spacial score (nSPS) is 21.8. The van der Waals surface area contributed by atoms with Crippen molar-refractivity contribution in [1.29, 1.82) is 0 Å². The van der Waals surface area contributed by atoms with Crippen LogP contribution in [0.5, 0.6) is 0 Å². The van der Waals surface area contributed by atoms with Gasteiger partial charge in [0.1, 0.15) is 0 Å². The molecule has 0 bridgehead atoms. The Kier molecular flexibility index (Phi) is 7.05. The maximum Gasteiger partial charge on any atom is 0.310 e. The number of rotatable bonds is 7. The first kappa shape index (κ1) is 21.1. The molecule has 0 radical (unpaired) electrons. The summed E-state index contributed by atoms with van der Waals surface area (Å²) in [7, 11) is -1.82.